The average Bonchev–Trinajstić information content (AvgIpc) is 3.13. The van der Waals surface area contributed by atoms with Gasteiger partial charge in [-0.15, -0.1) is 22.7 Å². The van der Waals surface area contributed by atoms with E-state index in [0.717, 1.165) is 17.1 Å². The molecule has 4 rings (SSSR count). The van der Waals surface area contributed by atoms with Gasteiger partial charge in [0.25, 0.3) is 0 Å². The molecule has 4 nitrogen and oxygen atoms in total. The van der Waals surface area contributed by atoms with Gasteiger partial charge in [-0.3, -0.25) is 4.79 Å². The Morgan fingerprint density at radius 1 is 1.39 bits per heavy atom. The highest BCUT2D eigenvalue weighted by molar-refractivity contribution is 7.22. The molecule has 0 spiro atoms. The molecule has 0 fully saturated rings. The van der Waals surface area contributed by atoms with Crippen LogP contribution < -0.4 is 10.6 Å². The highest BCUT2D eigenvalue weighted by Crippen LogP contribution is 2.43. The van der Waals surface area contributed by atoms with Crippen molar-refractivity contribution in [3.63, 3.8) is 0 Å². The van der Waals surface area contributed by atoms with Gasteiger partial charge in [-0.2, -0.15) is 0 Å². The average molecular weight is 343 g/mol. The number of rotatable bonds is 2. The van der Waals surface area contributed by atoms with Crippen molar-refractivity contribution in [2.75, 3.05) is 6.54 Å². The highest BCUT2D eigenvalue weighted by Gasteiger charge is 2.30. The Kier molecular flexibility index (Phi) is 3.67. The second-order valence-electron chi connectivity index (χ2n) is 5.80. The van der Waals surface area contributed by atoms with E-state index < -0.39 is 0 Å². The Labute approximate surface area is 142 Å². The van der Waals surface area contributed by atoms with Crippen LogP contribution >= 0.6 is 22.7 Å². The van der Waals surface area contributed by atoms with Crippen LogP contribution in [0.25, 0.3) is 20.8 Å². The summed E-state index contributed by atoms with van der Waals surface area (Å²) in [6, 6.07) is 8.52. The van der Waals surface area contributed by atoms with Crippen LogP contribution in [0.15, 0.2) is 29.6 Å². The molecule has 0 saturated carbocycles. The Hall–Kier alpha value is -1.76. The number of thiazole rings is 1. The number of amides is 1. The second kappa shape index (κ2) is 5.70. The molecule has 3 aromatic rings. The van der Waals surface area contributed by atoms with Gasteiger partial charge in [-0.1, -0.05) is 12.1 Å². The van der Waals surface area contributed by atoms with Crippen LogP contribution in [0, 0.1) is 0 Å². The van der Waals surface area contributed by atoms with Crippen LogP contribution in [0.1, 0.15) is 36.4 Å². The van der Waals surface area contributed by atoms with E-state index in [2.05, 4.69) is 29.0 Å². The molecule has 1 aliphatic rings. The van der Waals surface area contributed by atoms with Crippen LogP contribution in [-0.4, -0.2) is 17.4 Å². The number of carbonyl (C=O) groups excluding carboxylic acids is 1. The van der Waals surface area contributed by atoms with Crippen molar-refractivity contribution in [2.24, 2.45) is 0 Å². The fraction of sp³-hybridized carbons (Fsp3) is 0.294. The van der Waals surface area contributed by atoms with Gasteiger partial charge in [-0.05, 0) is 19.1 Å². The molecular formula is C17H17N3OS2. The summed E-state index contributed by atoms with van der Waals surface area (Å²) < 4.78 is 1.19. The minimum Gasteiger partial charge on any atom is -0.348 e. The first kappa shape index (κ1) is 14.8. The largest absolute Gasteiger partial charge is 0.348 e. The third-order valence-corrected chi connectivity index (χ3v) is 6.38. The van der Waals surface area contributed by atoms with E-state index in [9.17, 15) is 4.79 Å². The third-order valence-electron chi connectivity index (χ3n) is 4.13. The molecule has 0 saturated heterocycles. The van der Waals surface area contributed by atoms with Crippen molar-refractivity contribution in [1.29, 1.82) is 0 Å². The second-order valence-corrected chi connectivity index (χ2v) is 7.74. The molecule has 0 aliphatic carbocycles. The van der Waals surface area contributed by atoms with Gasteiger partial charge in [0.05, 0.1) is 16.3 Å². The number of aromatic nitrogens is 1. The van der Waals surface area contributed by atoms with E-state index in [0.29, 0.717) is 6.04 Å². The van der Waals surface area contributed by atoms with E-state index in [1.165, 1.54) is 20.7 Å². The van der Waals surface area contributed by atoms with Crippen LogP contribution in [0.2, 0.25) is 0 Å². The van der Waals surface area contributed by atoms with Gasteiger partial charge >= 0.3 is 0 Å². The molecule has 0 radical (unpaired) electrons. The van der Waals surface area contributed by atoms with Crippen molar-refractivity contribution >= 4 is 38.8 Å². The number of fused-ring (bicyclic) bond motifs is 2. The third kappa shape index (κ3) is 2.56. The molecule has 1 amide bonds. The molecule has 0 bridgehead atoms. The maximum absolute atomic E-state index is 11.6. The predicted molar refractivity (Wildman–Crippen MR) is 95.9 cm³/mol. The van der Waals surface area contributed by atoms with E-state index in [1.54, 1.807) is 29.6 Å². The molecule has 2 aromatic heterocycles. The summed E-state index contributed by atoms with van der Waals surface area (Å²) in [5, 5.41) is 9.75. The Morgan fingerprint density at radius 2 is 2.22 bits per heavy atom. The lowest BCUT2D eigenvalue weighted by atomic mass is 9.96. The monoisotopic (exact) mass is 343 g/mol. The molecule has 2 unspecified atom stereocenters. The lowest BCUT2D eigenvalue weighted by molar-refractivity contribution is -0.119. The summed E-state index contributed by atoms with van der Waals surface area (Å²) in [6.07, 6.45) is 0. The summed E-state index contributed by atoms with van der Waals surface area (Å²) in [5.74, 6) is -0.00115. The van der Waals surface area contributed by atoms with Crippen molar-refractivity contribution in [1.82, 2.24) is 15.6 Å². The molecule has 1 aliphatic heterocycles. The molecule has 2 atom stereocenters. The SMILES string of the molecule is CC(=O)NC1CNC(C)c2scc(-c3nc4ccccc4s3)c21. The zero-order chi connectivity index (χ0) is 16.0. The highest BCUT2D eigenvalue weighted by atomic mass is 32.1. The number of benzene rings is 1. The summed E-state index contributed by atoms with van der Waals surface area (Å²) in [4.78, 5) is 17.7. The Bertz CT molecular complexity index is 850. The van der Waals surface area contributed by atoms with E-state index in [4.69, 9.17) is 4.98 Å². The summed E-state index contributed by atoms with van der Waals surface area (Å²) in [7, 11) is 0. The molecule has 118 valence electrons. The number of thiophene rings is 1. The summed E-state index contributed by atoms with van der Waals surface area (Å²) in [5.41, 5.74) is 3.43. The first-order chi connectivity index (χ1) is 11.1. The standard InChI is InChI=1S/C17H17N3OS2/c1-9-16-15(13(7-18-9)19-10(2)21)11(8-22-16)17-20-12-5-3-4-6-14(12)23-17/h3-6,8-9,13,18H,7H2,1-2H3,(H,19,21). The molecule has 23 heavy (non-hydrogen) atoms. The van der Waals surface area contributed by atoms with Crippen molar-refractivity contribution in [3.8, 4) is 10.6 Å². The van der Waals surface area contributed by atoms with E-state index >= 15 is 0 Å². The van der Waals surface area contributed by atoms with Crippen molar-refractivity contribution in [3.05, 3.63) is 40.1 Å². The number of para-hydroxylation sites is 1. The maximum atomic E-state index is 11.6. The first-order valence-corrected chi connectivity index (χ1v) is 9.31. The lowest BCUT2D eigenvalue weighted by Crippen LogP contribution is -2.39. The van der Waals surface area contributed by atoms with Crippen LogP contribution in [-0.2, 0) is 4.79 Å². The normalized spacial score (nSPS) is 20.4. The fourth-order valence-electron chi connectivity index (χ4n) is 3.09. The maximum Gasteiger partial charge on any atom is 0.217 e. The number of nitrogens with one attached hydrogen (secondary N) is 2. The van der Waals surface area contributed by atoms with Gasteiger partial charge in [0.2, 0.25) is 5.91 Å². The smallest absolute Gasteiger partial charge is 0.217 e. The van der Waals surface area contributed by atoms with Gasteiger partial charge < -0.3 is 10.6 Å². The van der Waals surface area contributed by atoms with Crippen LogP contribution in [0.4, 0.5) is 0 Å². The summed E-state index contributed by atoms with van der Waals surface area (Å²) in [6.45, 7) is 4.49. The minimum absolute atomic E-state index is 0.00115. The summed E-state index contributed by atoms with van der Waals surface area (Å²) >= 11 is 3.46. The van der Waals surface area contributed by atoms with E-state index in [1.807, 2.05) is 18.2 Å². The van der Waals surface area contributed by atoms with Crippen LogP contribution in [0.5, 0.6) is 0 Å². The predicted octanol–water partition coefficient (Wildman–Crippen LogP) is 3.87. The number of nitrogens with zero attached hydrogens (tertiary/aromatic N) is 1. The lowest BCUT2D eigenvalue weighted by Gasteiger charge is -2.29. The molecule has 2 N–H and O–H groups in total. The molecular weight excluding hydrogens is 326 g/mol. The Balaban J connectivity index is 1.85. The van der Waals surface area contributed by atoms with Gasteiger partial charge in [0, 0.05) is 40.9 Å². The molecule has 1 aromatic carbocycles. The molecule has 3 heterocycles. The Morgan fingerprint density at radius 3 is 3.00 bits per heavy atom. The number of carbonyl (C=O) groups is 1. The van der Waals surface area contributed by atoms with Gasteiger partial charge in [-0.25, -0.2) is 4.98 Å². The van der Waals surface area contributed by atoms with Crippen LogP contribution in [0.3, 0.4) is 0 Å². The zero-order valence-corrected chi connectivity index (χ0v) is 14.6. The molecule has 6 heteroatoms. The fourth-order valence-corrected chi connectivity index (χ4v) is 5.31. The van der Waals surface area contributed by atoms with E-state index in [-0.39, 0.29) is 11.9 Å². The topological polar surface area (TPSA) is 54.0 Å². The first-order valence-electron chi connectivity index (χ1n) is 7.61. The van der Waals surface area contributed by atoms with Crippen molar-refractivity contribution in [2.45, 2.75) is 25.9 Å². The minimum atomic E-state index is -0.00115. The number of hydrogen-bond donors (Lipinski definition) is 2. The van der Waals surface area contributed by atoms with Crippen molar-refractivity contribution < 1.29 is 4.79 Å². The quantitative estimate of drug-likeness (QED) is 0.743. The zero-order valence-electron chi connectivity index (χ0n) is 12.9. The van der Waals surface area contributed by atoms with Gasteiger partial charge in [0.1, 0.15) is 5.01 Å². The van der Waals surface area contributed by atoms with Gasteiger partial charge in [0.15, 0.2) is 0 Å². The number of hydrogen-bond acceptors (Lipinski definition) is 5.